The summed E-state index contributed by atoms with van der Waals surface area (Å²) < 4.78 is 10.1. The zero-order valence-corrected chi connectivity index (χ0v) is 7.79. The number of rotatable bonds is 3. The number of ether oxygens (including phenoxy) is 1. The molecule has 0 saturated carbocycles. The van der Waals surface area contributed by atoms with Crippen molar-refractivity contribution in [2.45, 2.75) is 31.8 Å². The maximum Gasteiger partial charge on any atom is 0.306 e. The van der Waals surface area contributed by atoms with Gasteiger partial charge in [-0.1, -0.05) is 6.92 Å². The van der Waals surface area contributed by atoms with E-state index >= 15 is 0 Å². The van der Waals surface area contributed by atoms with Crippen LogP contribution in [0.3, 0.4) is 0 Å². The maximum absolute atomic E-state index is 10.8. The van der Waals surface area contributed by atoms with Crippen molar-refractivity contribution < 1.29 is 14.1 Å². The lowest BCUT2D eigenvalue weighted by atomic mass is 9.98. The second-order valence-corrected chi connectivity index (χ2v) is 3.15. The Hall–Kier alpha value is -0.140. The predicted molar refractivity (Wildman–Crippen MR) is 44.0 cm³/mol. The average molecular weight is 176 g/mol. The summed E-state index contributed by atoms with van der Waals surface area (Å²) in [7, 11) is 2.18. The fourth-order valence-corrected chi connectivity index (χ4v) is 1.58. The van der Waals surface area contributed by atoms with Gasteiger partial charge in [0.1, 0.15) is 5.60 Å². The molecule has 0 radical (unpaired) electrons. The van der Waals surface area contributed by atoms with E-state index in [-0.39, 0.29) is 11.6 Å². The fraction of sp³-hybridized carbons (Fsp3) is 0.857. The molecule has 1 heterocycles. The van der Waals surface area contributed by atoms with E-state index in [0.29, 0.717) is 13.0 Å². The molecule has 1 aliphatic rings. The van der Waals surface area contributed by atoms with Gasteiger partial charge in [0.15, 0.2) is 0 Å². The van der Waals surface area contributed by atoms with Crippen LogP contribution in [0.15, 0.2) is 0 Å². The van der Waals surface area contributed by atoms with Crippen LogP contribution < -0.4 is 0 Å². The molecule has 4 heteroatoms. The van der Waals surface area contributed by atoms with E-state index in [9.17, 15) is 4.79 Å². The molecule has 64 valence electrons. The second kappa shape index (κ2) is 3.51. The highest BCUT2D eigenvalue weighted by molar-refractivity contribution is 7.09. The van der Waals surface area contributed by atoms with Crippen LogP contribution in [0.25, 0.3) is 0 Å². The van der Waals surface area contributed by atoms with Crippen molar-refractivity contribution in [2.24, 2.45) is 0 Å². The summed E-state index contributed by atoms with van der Waals surface area (Å²) in [5.41, 5.74) is -0.334. The Balaban J connectivity index is 2.54. The number of esters is 1. The molecule has 1 saturated heterocycles. The first-order valence-corrected chi connectivity index (χ1v) is 4.23. The fourth-order valence-electron chi connectivity index (χ4n) is 1.28. The average Bonchev–Trinajstić information content (AvgIpc) is 2.34. The van der Waals surface area contributed by atoms with Crippen molar-refractivity contribution in [2.75, 3.05) is 6.61 Å². The Morgan fingerprint density at radius 1 is 1.82 bits per heavy atom. The van der Waals surface area contributed by atoms with Gasteiger partial charge in [-0.05, 0) is 12.8 Å². The van der Waals surface area contributed by atoms with Crippen LogP contribution in [-0.4, -0.2) is 18.2 Å². The third-order valence-electron chi connectivity index (χ3n) is 2.11. The molecule has 0 spiro atoms. The van der Waals surface area contributed by atoms with E-state index in [2.05, 4.69) is 9.47 Å². The molecule has 0 bridgehead atoms. The number of cyclic esters (lactones) is 1. The first kappa shape index (κ1) is 8.95. The molecule has 0 aliphatic carbocycles. The van der Waals surface area contributed by atoms with Crippen molar-refractivity contribution >= 4 is 15.4 Å². The molecular weight excluding hydrogens is 163 g/mol. The van der Waals surface area contributed by atoms with Gasteiger partial charge in [-0.2, -0.15) is 0 Å². The maximum atomic E-state index is 10.8. The summed E-state index contributed by atoms with van der Waals surface area (Å²) >= 11 is 0. The zero-order valence-electron chi connectivity index (χ0n) is 6.63. The highest BCUT2D eigenvalue weighted by Crippen LogP contribution is 2.30. The molecule has 1 fully saturated rings. The van der Waals surface area contributed by atoms with Gasteiger partial charge in [0.2, 0.25) is 0 Å². The summed E-state index contributed by atoms with van der Waals surface area (Å²) in [6.07, 6.45) is 2.14. The van der Waals surface area contributed by atoms with Gasteiger partial charge in [-0.25, -0.2) is 0 Å². The van der Waals surface area contributed by atoms with Gasteiger partial charge >= 0.3 is 5.97 Å². The summed E-state index contributed by atoms with van der Waals surface area (Å²) in [6, 6.07) is 0. The van der Waals surface area contributed by atoms with Gasteiger partial charge in [-0.15, -0.1) is 0 Å². The van der Waals surface area contributed by atoms with Gasteiger partial charge < -0.3 is 9.26 Å². The van der Waals surface area contributed by atoms with Gasteiger partial charge in [-0.3, -0.25) is 4.79 Å². The quantitative estimate of drug-likeness (QED) is 0.480. The summed E-state index contributed by atoms with van der Waals surface area (Å²) in [4.78, 5) is 10.8. The number of hydrogen-bond acceptors (Lipinski definition) is 3. The summed E-state index contributed by atoms with van der Waals surface area (Å²) in [5, 5.41) is 0. The molecule has 2 unspecified atom stereocenters. The third kappa shape index (κ3) is 1.91. The summed E-state index contributed by atoms with van der Waals surface area (Å²) in [5.74, 6) is -0.103. The molecule has 0 amide bonds. The number of carbonyl (C=O) groups is 1. The highest BCUT2D eigenvalue weighted by Gasteiger charge is 2.38. The topological polar surface area (TPSA) is 35.5 Å². The third-order valence-corrected chi connectivity index (χ3v) is 2.27. The van der Waals surface area contributed by atoms with Crippen molar-refractivity contribution in [3.63, 3.8) is 0 Å². The molecule has 0 N–H and O–H groups in total. The monoisotopic (exact) mass is 176 g/mol. The van der Waals surface area contributed by atoms with Crippen molar-refractivity contribution in [1.29, 1.82) is 0 Å². The molecule has 0 aromatic rings. The van der Waals surface area contributed by atoms with Crippen LogP contribution in [0, 0.1) is 0 Å². The van der Waals surface area contributed by atoms with E-state index in [1.165, 1.54) is 0 Å². The lowest BCUT2D eigenvalue weighted by Gasteiger charge is -2.24. The smallest absolute Gasteiger partial charge is 0.306 e. The zero-order chi connectivity index (χ0) is 8.32. The minimum atomic E-state index is -0.334. The standard InChI is InChI=1S/C7H13O3P/c1-2-7(5-9-11)4-3-6(8)10-7/h2-5,11H2,1H3. The Kier molecular flexibility index (Phi) is 2.85. The minimum absolute atomic E-state index is 0.103. The molecular formula is C7H13O3P. The van der Waals surface area contributed by atoms with Gasteiger partial charge in [0.25, 0.3) is 0 Å². The van der Waals surface area contributed by atoms with E-state index in [1.54, 1.807) is 0 Å². The molecule has 3 nitrogen and oxygen atoms in total. The van der Waals surface area contributed by atoms with Crippen LogP contribution in [-0.2, 0) is 14.1 Å². The first-order valence-electron chi connectivity index (χ1n) is 3.76. The van der Waals surface area contributed by atoms with E-state index in [1.807, 2.05) is 6.92 Å². The van der Waals surface area contributed by atoms with Crippen LogP contribution >= 0.6 is 9.47 Å². The van der Waals surface area contributed by atoms with Crippen LogP contribution in [0.2, 0.25) is 0 Å². The highest BCUT2D eigenvalue weighted by atomic mass is 31.0. The van der Waals surface area contributed by atoms with E-state index in [4.69, 9.17) is 9.26 Å². The lowest BCUT2D eigenvalue weighted by Crippen LogP contribution is -2.32. The molecule has 2 atom stereocenters. The van der Waals surface area contributed by atoms with Crippen LogP contribution in [0.1, 0.15) is 26.2 Å². The molecule has 1 rings (SSSR count). The molecule has 0 aromatic heterocycles. The Labute approximate surface area is 68.7 Å². The largest absolute Gasteiger partial charge is 0.457 e. The Bertz CT molecular complexity index is 160. The SMILES string of the molecule is CCC1(COP)CCC(=O)O1. The van der Waals surface area contributed by atoms with Gasteiger partial charge in [0.05, 0.1) is 6.61 Å². The molecule has 1 aliphatic heterocycles. The van der Waals surface area contributed by atoms with Crippen molar-refractivity contribution in [3.05, 3.63) is 0 Å². The Morgan fingerprint density at radius 2 is 2.55 bits per heavy atom. The van der Waals surface area contributed by atoms with Gasteiger partial charge in [0, 0.05) is 15.9 Å². The normalized spacial score (nSPS) is 30.5. The predicted octanol–water partition coefficient (Wildman–Crippen LogP) is 1.28. The molecule has 11 heavy (non-hydrogen) atoms. The van der Waals surface area contributed by atoms with Crippen LogP contribution in [0.5, 0.6) is 0 Å². The van der Waals surface area contributed by atoms with E-state index < -0.39 is 0 Å². The summed E-state index contributed by atoms with van der Waals surface area (Å²) in [6.45, 7) is 2.49. The molecule has 0 aromatic carbocycles. The second-order valence-electron chi connectivity index (χ2n) is 2.82. The number of hydrogen-bond donors (Lipinski definition) is 0. The Morgan fingerprint density at radius 3 is 2.91 bits per heavy atom. The number of carbonyl (C=O) groups excluding carboxylic acids is 1. The van der Waals surface area contributed by atoms with E-state index in [0.717, 1.165) is 12.8 Å². The minimum Gasteiger partial charge on any atom is -0.457 e. The van der Waals surface area contributed by atoms with Crippen LogP contribution in [0.4, 0.5) is 0 Å². The first-order chi connectivity index (χ1) is 5.22. The van der Waals surface area contributed by atoms with Crippen molar-refractivity contribution in [3.8, 4) is 0 Å². The lowest BCUT2D eigenvalue weighted by molar-refractivity contribution is -0.150. The van der Waals surface area contributed by atoms with Crippen molar-refractivity contribution in [1.82, 2.24) is 0 Å².